The van der Waals surface area contributed by atoms with Gasteiger partial charge in [-0.1, -0.05) is 30.3 Å². The number of para-hydroxylation sites is 2. The molecule has 1 aromatic heterocycles. The SMILES string of the molecule is COc1ccc(/C(O)=C2\C(=O)C(=O)N(c3nc4ccccc4[nH]3)C2c2ccccc2F)cc1Br. The summed E-state index contributed by atoms with van der Waals surface area (Å²) in [6.07, 6.45) is 0. The first kappa shape index (κ1) is 21.8. The fourth-order valence-electron chi connectivity index (χ4n) is 4.06. The standard InChI is InChI=1S/C25H17BrFN3O4/c1-34-19-11-10-13(12-15(19)26)22(31)20-21(14-6-2-3-7-16(14)27)30(24(33)23(20)32)25-28-17-8-4-5-9-18(17)29-25/h2-12,21,31H,1H3,(H,28,29)/b22-20+. The highest BCUT2D eigenvalue weighted by Gasteiger charge is 2.49. The number of aromatic nitrogens is 2. The predicted octanol–water partition coefficient (Wildman–Crippen LogP) is 5.10. The molecular formula is C25H17BrFN3O4. The first-order chi connectivity index (χ1) is 16.4. The van der Waals surface area contributed by atoms with Crippen molar-refractivity contribution < 1.29 is 23.8 Å². The second-order valence-corrected chi connectivity index (χ2v) is 8.47. The molecule has 0 saturated carbocycles. The number of imidazole rings is 1. The molecule has 1 aliphatic rings. The Morgan fingerprint density at radius 1 is 1.12 bits per heavy atom. The third kappa shape index (κ3) is 3.45. The van der Waals surface area contributed by atoms with Crippen LogP contribution in [0.4, 0.5) is 10.3 Å². The Bertz CT molecular complexity index is 1460. The second-order valence-electron chi connectivity index (χ2n) is 7.62. The number of carbonyl (C=O) groups excluding carboxylic acids is 2. The smallest absolute Gasteiger partial charge is 0.302 e. The summed E-state index contributed by atoms with van der Waals surface area (Å²) in [5.41, 5.74) is 1.29. The van der Waals surface area contributed by atoms with Crippen molar-refractivity contribution in [3.05, 3.63) is 93.7 Å². The number of amides is 1. The number of aliphatic hydroxyl groups excluding tert-OH is 1. The van der Waals surface area contributed by atoms with Gasteiger partial charge in [0, 0.05) is 11.1 Å². The van der Waals surface area contributed by atoms with Gasteiger partial charge in [0.15, 0.2) is 0 Å². The summed E-state index contributed by atoms with van der Waals surface area (Å²) >= 11 is 3.36. The average Bonchev–Trinajstić information content (AvgIpc) is 3.37. The lowest BCUT2D eigenvalue weighted by atomic mass is 9.95. The zero-order valence-electron chi connectivity index (χ0n) is 17.8. The monoisotopic (exact) mass is 521 g/mol. The van der Waals surface area contributed by atoms with E-state index in [1.54, 1.807) is 48.5 Å². The number of halogens is 2. The van der Waals surface area contributed by atoms with Gasteiger partial charge in [0.2, 0.25) is 5.95 Å². The highest BCUT2D eigenvalue weighted by Crippen LogP contribution is 2.43. The van der Waals surface area contributed by atoms with Crippen LogP contribution < -0.4 is 9.64 Å². The molecule has 1 saturated heterocycles. The summed E-state index contributed by atoms with van der Waals surface area (Å²) in [5, 5.41) is 11.2. The van der Waals surface area contributed by atoms with Crippen molar-refractivity contribution in [2.75, 3.05) is 12.0 Å². The van der Waals surface area contributed by atoms with Crippen molar-refractivity contribution in [2.24, 2.45) is 0 Å². The highest BCUT2D eigenvalue weighted by molar-refractivity contribution is 9.10. The first-order valence-corrected chi connectivity index (χ1v) is 11.0. The Labute approximate surface area is 201 Å². The molecule has 1 amide bonds. The number of aromatic amines is 1. The summed E-state index contributed by atoms with van der Waals surface area (Å²) in [5.74, 6) is -2.35. The molecule has 1 aliphatic heterocycles. The highest BCUT2D eigenvalue weighted by atomic mass is 79.9. The van der Waals surface area contributed by atoms with E-state index >= 15 is 0 Å². The van der Waals surface area contributed by atoms with Crippen molar-refractivity contribution in [3.8, 4) is 5.75 Å². The van der Waals surface area contributed by atoms with Gasteiger partial charge < -0.3 is 14.8 Å². The van der Waals surface area contributed by atoms with E-state index in [0.717, 1.165) is 4.90 Å². The molecule has 0 aliphatic carbocycles. The average molecular weight is 522 g/mol. The number of anilines is 1. The van der Waals surface area contributed by atoms with E-state index in [0.29, 0.717) is 21.3 Å². The molecular weight excluding hydrogens is 505 g/mol. The number of carbonyl (C=O) groups is 2. The Balaban J connectivity index is 1.74. The molecule has 5 rings (SSSR count). The topological polar surface area (TPSA) is 95.5 Å². The Hall–Kier alpha value is -3.98. The zero-order valence-corrected chi connectivity index (χ0v) is 19.3. The Kier molecular flexibility index (Phi) is 5.41. The predicted molar refractivity (Wildman–Crippen MR) is 128 cm³/mol. The van der Waals surface area contributed by atoms with Crippen LogP contribution in [0.3, 0.4) is 0 Å². The number of aliphatic hydroxyl groups is 1. The molecule has 0 bridgehead atoms. The third-order valence-corrected chi connectivity index (χ3v) is 6.29. The van der Waals surface area contributed by atoms with Gasteiger partial charge in [0.1, 0.15) is 23.4 Å². The molecule has 1 atom stereocenters. The van der Waals surface area contributed by atoms with Crippen molar-refractivity contribution >= 4 is 50.4 Å². The van der Waals surface area contributed by atoms with Crippen LogP contribution in [0.15, 0.2) is 76.8 Å². The van der Waals surface area contributed by atoms with Crippen LogP contribution in [-0.2, 0) is 9.59 Å². The van der Waals surface area contributed by atoms with Crippen molar-refractivity contribution in [1.29, 1.82) is 0 Å². The van der Waals surface area contributed by atoms with E-state index in [1.165, 1.54) is 25.3 Å². The number of methoxy groups -OCH3 is 1. The number of benzene rings is 3. The molecule has 0 radical (unpaired) electrons. The molecule has 9 heteroatoms. The van der Waals surface area contributed by atoms with Crippen molar-refractivity contribution in [3.63, 3.8) is 0 Å². The van der Waals surface area contributed by atoms with E-state index in [2.05, 4.69) is 25.9 Å². The molecule has 3 aromatic carbocycles. The minimum Gasteiger partial charge on any atom is -0.507 e. The number of ketones is 1. The minimum absolute atomic E-state index is 0.0521. The Morgan fingerprint density at radius 2 is 1.85 bits per heavy atom. The van der Waals surface area contributed by atoms with E-state index in [-0.39, 0.29) is 22.6 Å². The zero-order chi connectivity index (χ0) is 24.0. The van der Waals surface area contributed by atoms with Gasteiger partial charge in [-0.15, -0.1) is 0 Å². The minimum atomic E-state index is -1.23. The van der Waals surface area contributed by atoms with Crippen LogP contribution >= 0.6 is 15.9 Å². The molecule has 2 N–H and O–H groups in total. The number of hydrogen-bond donors (Lipinski definition) is 2. The van der Waals surface area contributed by atoms with Gasteiger partial charge in [-0.05, 0) is 52.3 Å². The number of H-pyrrole nitrogens is 1. The van der Waals surface area contributed by atoms with E-state index < -0.39 is 29.3 Å². The summed E-state index contributed by atoms with van der Waals surface area (Å²) in [6.45, 7) is 0. The molecule has 1 unspecified atom stereocenters. The number of fused-ring (bicyclic) bond motifs is 1. The lowest BCUT2D eigenvalue weighted by molar-refractivity contribution is -0.132. The van der Waals surface area contributed by atoms with Crippen LogP contribution in [0.2, 0.25) is 0 Å². The van der Waals surface area contributed by atoms with Gasteiger partial charge in [-0.3, -0.25) is 14.5 Å². The van der Waals surface area contributed by atoms with Crippen LogP contribution in [0.25, 0.3) is 16.8 Å². The fraction of sp³-hybridized carbons (Fsp3) is 0.0800. The maximum atomic E-state index is 15.0. The number of nitrogens with zero attached hydrogens (tertiary/aromatic N) is 2. The summed E-state index contributed by atoms with van der Waals surface area (Å²) < 4.78 is 20.7. The number of nitrogens with one attached hydrogen (secondary N) is 1. The summed E-state index contributed by atoms with van der Waals surface area (Å²) in [6, 6.07) is 16.4. The lowest BCUT2D eigenvalue weighted by Gasteiger charge is -2.23. The maximum absolute atomic E-state index is 15.0. The number of Topliss-reactive ketones (excluding diaryl/α,β-unsaturated/α-hetero) is 1. The van der Waals surface area contributed by atoms with E-state index in [9.17, 15) is 19.1 Å². The van der Waals surface area contributed by atoms with E-state index in [1.807, 2.05) is 0 Å². The number of ether oxygens (including phenoxy) is 1. The van der Waals surface area contributed by atoms with Gasteiger partial charge in [-0.25, -0.2) is 9.37 Å². The van der Waals surface area contributed by atoms with Gasteiger partial charge in [-0.2, -0.15) is 0 Å². The summed E-state index contributed by atoms with van der Waals surface area (Å²) in [4.78, 5) is 35.0. The second kappa shape index (κ2) is 8.42. The fourth-order valence-corrected chi connectivity index (χ4v) is 4.61. The number of hydrogen-bond acceptors (Lipinski definition) is 5. The summed E-state index contributed by atoms with van der Waals surface area (Å²) in [7, 11) is 1.50. The van der Waals surface area contributed by atoms with Gasteiger partial charge in [0.25, 0.3) is 5.78 Å². The van der Waals surface area contributed by atoms with Gasteiger partial charge in [0.05, 0.1) is 28.2 Å². The maximum Gasteiger partial charge on any atom is 0.302 e. The van der Waals surface area contributed by atoms with Gasteiger partial charge >= 0.3 is 5.91 Å². The van der Waals surface area contributed by atoms with Crippen LogP contribution in [0, 0.1) is 5.82 Å². The van der Waals surface area contributed by atoms with E-state index in [4.69, 9.17) is 4.74 Å². The third-order valence-electron chi connectivity index (χ3n) is 5.67. The molecule has 7 nitrogen and oxygen atoms in total. The first-order valence-electron chi connectivity index (χ1n) is 10.2. The quantitative estimate of drug-likeness (QED) is 0.221. The molecule has 0 spiro atoms. The van der Waals surface area contributed by atoms with Crippen molar-refractivity contribution in [1.82, 2.24) is 9.97 Å². The largest absolute Gasteiger partial charge is 0.507 e. The van der Waals surface area contributed by atoms with Crippen LogP contribution in [-0.4, -0.2) is 33.9 Å². The molecule has 170 valence electrons. The normalized spacial score (nSPS) is 17.5. The molecule has 34 heavy (non-hydrogen) atoms. The Morgan fingerprint density at radius 3 is 2.56 bits per heavy atom. The molecule has 1 fully saturated rings. The lowest BCUT2D eigenvalue weighted by Crippen LogP contribution is -2.30. The van der Waals surface area contributed by atoms with Crippen LogP contribution in [0.1, 0.15) is 17.2 Å². The van der Waals surface area contributed by atoms with Crippen LogP contribution in [0.5, 0.6) is 5.75 Å². The molecule has 4 aromatic rings. The number of rotatable bonds is 4. The molecule has 2 heterocycles. The van der Waals surface area contributed by atoms with Crippen molar-refractivity contribution in [2.45, 2.75) is 6.04 Å².